The number of sulfonamides is 1. The molecule has 1 aliphatic rings. The fraction of sp³-hybridized carbons (Fsp3) is 0.300. The van der Waals surface area contributed by atoms with E-state index in [1.54, 1.807) is 18.2 Å². The molecule has 2 aromatic carbocycles. The first kappa shape index (κ1) is 24.8. The number of morpholine rings is 1. The van der Waals surface area contributed by atoms with Crippen LogP contribution in [-0.2, 0) is 29.1 Å². The van der Waals surface area contributed by atoms with Crippen molar-refractivity contribution in [2.24, 2.45) is 0 Å². The van der Waals surface area contributed by atoms with Gasteiger partial charge in [-0.15, -0.1) is 11.8 Å². The molecule has 1 aliphatic heterocycles. The Morgan fingerprint density at radius 3 is 2.47 bits per heavy atom. The first-order valence-corrected chi connectivity index (χ1v) is 12.6. The third kappa shape index (κ3) is 6.84. The van der Waals surface area contributed by atoms with Crippen molar-refractivity contribution in [1.29, 1.82) is 0 Å². The van der Waals surface area contributed by atoms with Crippen molar-refractivity contribution < 1.29 is 27.5 Å². The molecule has 0 aliphatic carbocycles. The van der Waals surface area contributed by atoms with Gasteiger partial charge in [0.2, 0.25) is 10.0 Å². The Morgan fingerprint density at radius 2 is 1.78 bits per heavy atom. The van der Waals surface area contributed by atoms with E-state index in [0.29, 0.717) is 46.9 Å². The van der Waals surface area contributed by atoms with Gasteiger partial charge in [-0.3, -0.25) is 9.59 Å². The van der Waals surface area contributed by atoms with Gasteiger partial charge in [-0.05, 0) is 42.5 Å². The van der Waals surface area contributed by atoms with Crippen LogP contribution in [0.4, 0.5) is 5.69 Å². The minimum Gasteiger partial charge on any atom is -0.455 e. The molecule has 1 amide bonds. The van der Waals surface area contributed by atoms with E-state index in [1.165, 1.54) is 28.6 Å². The number of carbonyl (C=O) groups excluding carboxylic acids is 2. The number of amides is 1. The Bertz CT molecular complexity index is 1070. The van der Waals surface area contributed by atoms with Crippen LogP contribution < -0.4 is 5.32 Å². The smallest absolute Gasteiger partial charge is 0.316 e. The maximum atomic E-state index is 12.6. The fourth-order valence-electron chi connectivity index (χ4n) is 2.76. The average molecular weight is 519 g/mol. The Kier molecular flexibility index (Phi) is 8.80. The number of ether oxygens (including phenoxy) is 2. The van der Waals surface area contributed by atoms with Crippen LogP contribution >= 0.6 is 35.0 Å². The molecule has 1 N–H and O–H groups in total. The zero-order valence-electron chi connectivity index (χ0n) is 16.8. The SMILES string of the molecule is O=C(COC(=O)CSc1cc(Cl)ccc1Cl)Nc1ccc(S(=O)(=O)N2CCOCC2)cc1. The molecule has 0 atom stereocenters. The van der Waals surface area contributed by atoms with Crippen molar-refractivity contribution in [1.82, 2.24) is 4.31 Å². The molecule has 172 valence electrons. The zero-order valence-corrected chi connectivity index (χ0v) is 19.9. The Balaban J connectivity index is 1.46. The molecule has 2 aromatic rings. The summed E-state index contributed by atoms with van der Waals surface area (Å²) in [6.07, 6.45) is 0. The van der Waals surface area contributed by atoms with Gasteiger partial charge < -0.3 is 14.8 Å². The van der Waals surface area contributed by atoms with Crippen molar-refractivity contribution in [3.63, 3.8) is 0 Å². The number of nitrogens with one attached hydrogen (secondary N) is 1. The summed E-state index contributed by atoms with van der Waals surface area (Å²) in [4.78, 5) is 24.7. The van der Waals surface area contributed by atoms with Gasteiger partial charge in [-0.25, -0.2) is 8.42 Å². The van der Waals surface area contributed by atoms with E-state index in [2.05, 4.69) is 5.32 Å². The summed E-state index contributed by atoms with van der Waals surface area (Å²) < 4.78 is 36.7. The van der Waals surface area contributed by atoms with Gasteiger partial charge in [0.15, 0.2) is 6.61 Å². The fourth-order valence-corrected chi connectivity index (χ4v) is 5.45. The number of halogens is 2. The number of anilines is 1. The first-order valence-electron chi connectivity index (χ1n) is 9.47. The Hall–Kier alpha value is -1.82. The lowest BCUT2D eigenvalue weighted by molar-refractivity contribution is -0.144. The second-order valence-electron chi connectivity index (χ2n) is 6.61. The quantitative estimate of drug-likeness (QED) is 0.422. The number of hydrogen-bond acceptors (Lipinski definition) is 7. The highest BCUT2D eigenvalue weighted by Crippen LogP contribution is 2.29. The average Bonchev–Trinajstić information content (AvgIpc) is 2.79. The summed E-state index contributed by atoms with van der Waals surface area (Å²) in [7, 11) is -3.61. The third-order valence-corrected chi connectivity index (χ3v) is 7.97. The molecule has 32 heavy (non-hydrogen) atoms. The highest BCUT2D eigenvalue weighted by Gasteiger charge is 2.26. The van der Waals surface area contributed by atoms with Gasteiger partial charge >= 0.3 is 5.97 Å². The van der Waals surface area contributed by atoms with Crippen LogP contribution in [-0.4, -0.2) is 63.3 Å². The number of benzene rings is 2. The predicted molar refractivity (Wildman–Crippen MR) is 123 cm³/mol. The molecular weight excluding hydrogens is 499 g/mol. The summed E-state index contributed by atoms with van der Waals surface area (Å²) in [5, 5.41) is 3.51. The molecule has 1 heterocycles. The Morgan fingerprint density at radius 1 is 1.09 bits per heavy atom. The van der Waals surface area contributed by atoms with E-state index >= 15 is 0 Å². The predicted octanol–water partition coefficient (Wildman–Crippen LogP) is 3.29. The van der Waals surface area contributed by atoms with Gasteiger partial charge in [0.25, 0.3) is 5.91 Å². The number of carbonyl (C=O) groups is 2. The maximum Gasteiger partial charge on any atom is 0.316 e. The number of thioether (sulfide) groups is 1. The van der Waals surface area contributed by atoms with Gasteiger partial charge in [0.05, 0.1) is 28.9 Å². The largest absolute Gasteiger partial charge is 0.455 e. The van der Waals surface area contributed by atoms with Crippen LogP contribution in [0.25, 0.3) is 0 Å². The maximum absolute atomic E-state index is 12.6. The summed E-state index contributed by atoms with van der Waals surface area (Å²) in [5.41, 5.74) is 0.382. The molecule has 0 unspecified atom stereocenters. The minimum absolute atomic E-state index is 0.0402. The van der Waals surface area contributed by atoms with Crippen LogP contribution in [0.2, 0.25) is 10.0 Å². The molecule has 1 saturated heterocycles. The topological polar surface area (TPSA) is 102 Å². The highest BCUT2D eigenvalue weighted by atomic mass is 35.5. The molecular formula is C20H20Cl2N2O6S2. The number of nitrogens with zero attached hydrogens (tertiary/aromatic N) is 1. The number of esters is 1. The number of hydrogen-bond donors (Lipinski definition) is 1. The van der Waals surface area contributed by atoms with Crippen LogP contribution in [0.5, 0.6) is 0 Å². The van der Waals surface area contributed by atoms with E-state index < -0.39 is 28.5 Å². The summed E-state index contributed by atoms with van der Waals surface area (Å²) in [5.74, 6) is -1.18. The molecule has 0 bridgehead atoms. The first-order chi connectivity index (χ1) is 15.3. The standard InChI is InChI=1S/C20H20Cl2N2O6S2/c21-14-1-6-17(22)18(11-14)31-13-20(26)30-12-19(25)23-15-2-4-16(5-3-15)32(27,28)24-7-9-29-10-8-24/h1-6,11H,7-10,12-13H2,(H,23,25). The van der Waals surface area contributed by atoms with Crippen LogP contribution in [0, 0.1) is 0 Å². The highest BCUT2D eigenvalue weighted by molar-refractivity contribution is 8.00. The molecule has 3 rings (SSSR count). The second-order valence-corrected chi connectivity index (χ2v) is 10.4. The molecule has 0 radical (unpaired) electrons. The third-order valence-electron chi connectivity index (χ3n) is 4.35. The monoisotopic (exact) mass is 518 g/mol. The van der Waals surface area contributed by atoms with Crippen molar-refractivity contribution in [2.45, 2.75) is 9.79 Å². The zero-order chi connectivity index (χ0) is 23.1. The lowest BCUT2D eigenvalue weighted by Gasteiger charge is -2.26. The van der Waals surface area contributed by atoms with Gasteiger partial charge in [0.1, 0.15) is 0 Å². The van der Waals surface area contributed by atoms with E-state index in [9.17, 15) is 18.0 Å². The van der Waals surface area contributed by atoms with Crippen molar-refractivity contribution in [3.05, 3.63) is 52.5 Å². The molecule has 0 aromatic heterocycles. The second kappa shape index (κ2) is 11.4. The molecule has 0 spiro atoms. The lowest BCUT2D eigenvalue weighted by atomic mass is 10.3. The van der Waals surface area contributed by atoms with Crippen molar-refractivity contribution >= 4 is 62.6 Å². The van der Waals surface area contributed by atoms with Crippen molar-refractivity contribution in [3.8, 4) is 0 Å². The lowest BCUT2D eigenvalue weighted by Crippen LogP contribution is -2.40. The summed E-state index contributed by atoms with van der Waals surface area (Å²) in [6, 6.07) is 10.7. The van der Waals surface area contributed by atoms with Crippen molar-refractivity contribution in [2.75, 3.05) is 44.0 Å². The van der Waals surface area contributed by atoms with Gasteiger partial charge in [-0.1, -0.05) is 23.2 Å². The summed E-state index contributed by atoms with van der Waals surface area (Å²) >= 11 is 13.1. The molecule has 1 fully saturated rings. The molecule has 12 heteroatoms. The Labute approximate surface area is 200 Å². The normalized spacial score (nSPS) is 14.7. The van der Waals surface area contributed by atoms with E-state index in [4.69, 9.17) is 32.7 Å². The van der Waals surface area contributed by atoms with E-state index in [1.807, 2.05) is 0 Å². The molecule has 0 saturated carbocycles. The summed E-state index contributed by atoms with van der Waals surface area (Å²) in [6.45, 7) is 0.839. The van der Waals surface area contributed by atoms with Gasteiger partial charge in [-0.2, -0.15) is 4.31 Å². The number of rotatable bonds is 8. The van der Waals surface area contributed by atoms with Gasteiger partial charge in [0, 0.05) is 28.7 Å². The van der Waals surface area contributed by atoms with E-state index in [0.717, 1.165) is 11.8 Å². The van der Waals surface area contributed by atoms with E-state index in [-0.39, 0.29) is 10.6 Å². The van der Waals surface area contributed by atoms with Crippen LogP contribution in [0.3, 0.4) is 0 Å². The van der Waals surface area contributed by atoms with Crippen LogP contribution in [0.15, 0.2) is 52.3 Å². The molecule has 8 nitrogen and oxygen atoms in total. The minimum atomic E-state index is -3.61. The van der Waals surface area contributed by atoms with Crippen LogP contribution in [0.1, 0.15) is 0 Å².